The third-order valence-corrected chi connectivity index (χ3v) is 0.905. The van der Waals surface area contributed by atoms with Gasteiger partial charge in [0, 0.05) is 12.8 Å². The predicted molar refractivity (Wildman–Crippen MR) is 320 cm³/mol. The summed E-state index contributed by atoms with van der Waals surface area (Å²) in [5, 5.41) is 22.6. The molecule has 0 heterocycles. The highest BCUT2D eigenvalue weighted by molar-refractivity contribution is 4.94. The zero-order valence-corrected chi connectivity index (χ0v) is 15.5. The van der Waals surface area contributed by atoms with Gasteiger partial charge < -0.3 is 15.3 Å². The van der Waals surface area contributed by atoms with Crippen LogP contribution in [0.5, 0.6) is 0 Å². The van der Waals surface area contributed by atoms with Gasteiger partial charge in [-0.3, -0.25) is 0 Å². The topological polar surface area (TPSA) is 60.7 Å². The summed E-state index contributed by atoms with van der Waals surface area (Å²) in [6, 6.07) is 0. The lowest BCUT2D eigenvalue weighted by Gasteiger charge is -1.60. The van der Waals surface area contributed by atoms with Crippen molar-refractivity contribution in [3.63, 3.8) is 0 Å². The summed E-state index contributed by atoms with van der Waals surface area (Å²) in [6.07, 6.45) is 21.1. The molecule has 3 N–H and O–H groups in total. The molecule has 0 saturated heterocycles. The third-order valence-electron chi connectivity index (χ3n) is 0.905. The molecule has 0 aromatic carbocycles. The summed E-state index contributed by atoms with van der Waals surface area (Å²) < 4.78 is 0. The first-order valence-corrected chi connectivity index (χ1v) is 6.84. The molecular weight excluding hydrogens is 685 g/mol. The van der Waals surface area contributed by atoms with E-state index in [1.54, 1.807) is 13.8 Å². The summed E-state index contributed by atoms with van der Waals surface area (Å²) in [5.74, 6) is 17.2. The molecule has 0 aromatic rings. The molecule has 0 rings (SSSR count). The SMILES string of the molecule is C.C.C.C.C.C.C.C.C.C.C.C.C.C.C.C.C.C.C.C.C.C.C.C.C.C.C.C.C.C.C.C.C#CC.C#CCC.C#CCO.C#CO.CC#CCC.CC#CCO. The lowest BCUT2D eigenvalue weighted by molar-refractivity contribution is 0.350. The second-order valence-electron chi connectivity index (χ2n) is 2.70. The molecule has 0 spiro atoms. The highest BCUT2D eigenvalue weighted by Crippen LogP contribution is 1.62. The second-order valence-corrected chi connectivity index (χ2v) is 2.70. The molecule has 56 heavy (non-hydrogen) atoms. The highest BCUT2D eigenvalue weighted by atomic mass is 16.3. The van der Waals surface area contributed by atoms with Crippen LogP contribution in [0.25, 0.3) is 0 Å². The molecule has 0 atom stereocenters. The van der Waals surface area contributed by atoms with Crippen LogP contribution in [0.4, 0.5) is 0 Å². The Morgan fingerprint density at radius 3 is 0.446 bits per heavy atom. The van der Waals surface area contributed by atoms with Crippen molar-refractivity contribution in [2.24, 2.45) is 0 Å². The van der Waals surface area contributed by atoms with E-state index in [0.717, 1.165) is 12.8 Å². The van der Waals surface area contributed by atoms with Crippen molar-refractivity contribution >= 4 is 0 Å². The van der Waals surface area contributed by atoms with Crippen molar-refractivity contribution in [3.05, 3.63) is 0 Å². The number of aliphatic hydroxyl groups is 3. The van der Waals surface area contributed by atoms with E-state index in [9.17, 15) is 0 Å². The van der Waals surface area contributed by atoms with Gasteiger partial charge in [-0.25, -0.2) is 0 Å². The van der Waals surface area contributed by atoms with E-state index in [4.69, 9.17) is 21.7 Å². The fraction of sp³-hybridized carbons (Fsp3) is 0.774. The molecule has 0 radical (unpaired) electrons. The van der Waals surface area contributed by atoms with E-state index in [-0.39, 0.29) is 251 Å². The summed E-state index contributed by atoms with van der Waals surface area (Å²) in [7, 11) is 0. The van der Waals surface area contributed by atoms with Crippen molar-refractivity contribution < 1.29 is 15.3 Å². The van der Waals surface area contributed by atoms with Gasteiger partial charge in [0.1, 0.15) is 19.3 Å². The van der Waals surface area contributed by atoms with Crippen LogP contribution in [0.3, 0.4) is 0 Å². The fourth-order valence-corrected chi connectivity index (χ4v) is 0.256. The van der Waals surface area contributed by atoms with Crippen LogP contribution in [-0.2, 0) is 0 Å². The van der Waals surface area contributed by atoms with Crippen molar-refractivity contribution in [2.45, 2.75) is 285 Å². The van der Waals surface area contributed by atoms with Crippen LogP contribution in [0.1, 0.15) is 285 Å². The molecule has 0 unspecified atom stereocenters. The van der Waals surface area contributed by atoms with Crippen LogP contribution in [-0.4, -0.2) is 28.5 Å². The maximum absolute atomic E-state index is 7.89. The molecule has 3 heteroatoms. The van der Waals surface area contributed by atoms with E-state index in [0.29, 0.717) is 0 Å². The smallest absolute Gasteiger partial charge is 0.104 e. The van der Waals surface area contributed by atoms with Crippen LogP contribution in [0.2, 0.25) is 0 Å². The molecule has 0 saturated carbocycles. The Morgan fingerprint density at radius 1 is 0.321 bits per heavy atom. The fourth-order valence-electron chi connectivity index (χ4n) is 0.256. The molecule has 0 fully saturated rings. The quantitative estimate of drug-likeness (QED) is 0.213. The number of rotatable bonds is 0. The summed E-state index contributed by atoms with van der Waals surface area (Å²) >= 11 is 0. The monoisotopic (exact) mass is 843 g/mol. The summed E-state index contributed by atoms with van der Waals surface area (Å²) in [5.41, 5.74) is 0. The minimum absolute atomic E-state index is 0. The Bertz CT molecular complexity index is 412. The van der Waals surface area contributed by atoms with Gasteiger partial charge in [0.25, 0.3) is 0 Å². The number of hydrogen-bond acceptors (Lipinski definition) is 3. The number of terminal acetylenes is 4. The van der Waals surface area contributed by atoms with Crippen molar-refractivity contribution in [1.82, 2.24) is 0 Å². The Labute approximate surface area is 385 Å². The molecule has 0 bridgehead atoms. The average Bonchev–Trinajstić information content (AvgIpc) is 2.59. The van der Waals surface area contributed by atoms with Gasteiger partial charge in [-0.1, -0.05) is 270 Å². The molecule has 0 aliphatic carbocycles. The Morgan fingerprint density at radius 2 is 0.446 bits per heavy atom. The average molecular weight is 844 g/mol. The van der Waals surface area contributed by atoms with E-state index in [2.05, 4.69) is 54.8 Å². The van der Waals surface area contributed by atoms with Gasteiger partial charge in [-0.2, -0.15) is 0 Å². The Balaban J connectivity index is -0.00000000174. The second kappa shape index (κ2) is 1650. The van der Waals surface area contributed by atoms with Crippen molar-refractivity contribution in [1.29, 1.82) is 0 Å². The highest BCUT2D eigenvalue weighted by Gasteiger charge is 1.49. The molecule has 0 aromatic heterocycles. The van der Waals surface area contributed by atoms with Gasteiger partial charge in [0.15, 0.2) is 0 Å². The zero-order chi connectivity index (χ0) is 20.5. The van der Waals surface area contributed by atoms with E-state index < -0.39 is 0 Å². The first kappa shape index (κ1) is 633. The first-order valence-electron chi connectivity index (χ1n) is 6.84. The molecule has 0 amide bonds. The minimum Gasteiger partial charge on any atom is -0.462 e. The largest absolute Gasteiger partial charge is 0.462 e. The normalized spacial score (nSPS) is 1.91. The number of aliphatic hydroxyl groups excluding tert-OH is 3. The maximum Gasteiger partial charge on any atom is 0.104 e. The Kier molecular flexibility index (Phi) is 18600. The third kappa shape index (κ3) is 13500. The van der Waals surface area contributed by atoms with Gasteiger partial charge in [-0.05, 0) is 20.8 Å². The molecule has 388 valence electrons. The van der Waals surface area contributed by atoms with Gasteiger partial charge >= 0.3 is 0 Å². The maximum atomic E-state index is 7.89. The number of hydrogen-bond donors (Lipinski definition) is 3. The molecular formula is C53H158O3. The predicted octanol–water partition coefficient (Wildman–Crippen LogP) is 23.0. The van der Waals surface area contributed by atoms with Gasteiger partial charge in [0.05, 0.1) is 0 Å². The molecule has 0 aliphatic rings. The van der Waals surface area contributed by atoms with Gasteiger partial charge in [0.2, 0.25) is 0 Å². The van der Waals surface area contributed by atoms with Crippen LogP contribution in [0.15, 0.2) is 0 Å². The summed E-state index contributed by atoms with van der Waals surface area (Å²) in [6.45, 7) is 9.01. The van der Waals surface area contributed by atoms with Crippen molar-refractivity contribution in [3.8, 4) is 73.2 Å². The van der Waals surface area contributed by atoms with Gasteiger partial charge in [-0.15, -0.1) is 48.9 Å². The van der Waals surface area contributed by atoms with Crippen LogP contribution < -0.4 is 0 Å². The lowest BCUT2D eigenvalue weighted by Crippen LogP contribution is -1.66. The zero-order valence-electron chi connectivity index (χ0n) is 15.5. The molecule has 0 aliphatic heterocycles. The van der Waals surface area contributed by atoms with Crippen LogP contribution in [0, 0.1) is 73.2 Å². The van der Waals surface area contributed by atoms with E-state index in [1.807, 2.05) is 26.7 Å². The van der Waals surface area contributed by atoms with E-state index in [1.165, 1.54) is 6.11 Å². The first-order chi connectivity index (χ1) is 11.5. The lowest BCUT2D eigenvalue weighted by atomic mass is 10.5. The van der Waals surface area contributed by atoms with Crippen molar-refractivity contribution in [2.75, 3.05) is 13.2 Å². The summed E-state index contributed by atoms with van der Waals surface area (Å²) in [4.78, 5) is 0. The standard InChI is InChI=1S/C5H8.C4H6O.C4H6.C3H4O.C3H4.C2H2O.32CH4/c1-3-5-4-2;1-2-3-4-5;1-3-4-2;1-2-3-4;1-3-2;1-2-3;;;;;;;;;;;;;;;;;;;;;;;;;;;;;;;;/h3H2,1-2H3;5H,4H2,1H3;1H,4H2,2H3;1,4H,3H2;1H,2H3;1,3H;32*1H4. The van der Waals surface area contributed by atoms with Crippen LogP contribution >= 0.6 is 0 Å². The molecule has 3 nitrogen and oxygen atoms in total. The van der Waals surface area contributed by atoms with E-state index >= 15 is 0 Å². The Hall–Kier alpha value is -2.92. The minimum atomic E-state index is -0.153.